The average Bonchev–Trinajstić information content (AvgIpc) is 3.15. The lowest BCUT2D eigenvalue weighted by Gasteiger charge is -2.10. The third kappa shape index (κ3) is 3.39. The molecule has 4 aromatic rings. The summed E-state index contributed by atoms with van der Waals surface area (Å²) >= 11 is 1.38. The molecule has 0 aliphatic rings. The number of nitrogens with zero attached hydrogens (tertiary/aromatic N) is 3. The fourth-order valence-electron chi connectivity index (χ4n) is 3.13. The van der Waals surface area contributed by atoms with Crippen LogP contribution in [0.5, 0.6) is 0 Å². The summed E-state index contributed by atoms with van der Waals surface area (Å²) in [6.07, 6.45) is 3.62. The van der Waals surface area contributed by atoms with Crippen LogP contribution in [0.1, 0.15) is 6.92 Å². The summed E-state index contributed by atoms with van der Waals surface area (Å²) in [5.74, 6) is -0.277. The Morgan fingerprint density at radius 1 is 1.04 bits per heavy atom. The molecule has 0 aliphatic carbocycles. The first-order valence-corrected chi connectivity index (χ1v) is 9.78. The van der Waals surface area contributed by atoms with Gasteiger partial charge in [0.25, 0.3) is 0 Å². The van der Waals surface area contributed by atoms with Gasteiger partial charge in [0.05, 0.1) is 12.5 Å². The zero-order valence-electron chi connectivity index (χ0n) is 15.6. The van der Waals surface area contributed by atoms with Gasteiger partial charge in [-0.2, -0.15) is 0 Å². The van der Waals surface area contributed by atoms with Crippen molar-refractivity contribution in [3.8, 4) is 16.8 Å². The number of hydrogen-bond acceptors (Lipinski definition) is 5. The van der Waals surface area contributed by atoms with E-state index in [0.29, 0.717) is 0 Å². The molecule has 0 bridgehead atoms. The minimum absolute atomic E-state index is 0.277. The van der Waals surface area contributed by atoms with Crippen molar-refractivity contribution in [2.45, 2.75) is 17.2 Å². The smallest absolute Gasteiger partial charge is 0.318 e. The Kier molecular flexibility index (Phi) is 5.12. The molecule has 2 heterocycles. The van der Waals surface area contributed by atoms with Crippen molar-refractivity contribution in [1.29, 1.82) is 0 Å². The second kappa shape index (κ2) is 7.86. The minimum Gasteiger partial charge on any atom is -0.468 e. The normalized spacial score (nSPS) is 12.1. The van der Waals surface area contributed by atoms with Crippen LogP contribution in [0.4, 0.5) is 0 Å². The third-order valence-electron chi connectivity index (χ3n) is 4.49. The van der Waals surface area contributed by atoms with E-state index in [-0.39, 0.29) is 11.2 Å². The van der Waals surface area contributed by atoms with E-state index in [1.165, 1.54) is 18.9 Å². The average molecular weight is 389 g/mol. The maximum Gasteiger partial charge on any atom is 0.318 e. The monoisotopic (exact) mass is 389 g/mol. The van der Waals surface area contributed by atoms with Crippen LogP contribution in [0.25, 0.3) is 27.8 Å². The fraction of sp³-hybridized carbons (Fsp3) is 0.136. The first kappa shape index (κ1) is 18.3. The molecule has 0 saturated heterocycles. The van der Waals surface area contributed by atoms with Gasteiger partial charge in [0.15, 0.2) is 0 Å². The molecule has 2 aromatic heterocycles. The molecule has 0 aliphatic heterocycles. The number of thioether (sulfide) groups is 1. The number of hydrogen-bond donors (Lipinski definition) is 0. The zero-order chi connectivity index (χ0) is 19.5. The Hall–Kier alpha value is -3.12. The number of fused-ring (bicyclic) bond motifs is 1. The number of ether oxygens (including phenoxy) is 1. The Balaban J connectivity index is 1.94. The van der Waals surface area contributed by atoms with Crippen molar-refractivity contribution >= 4 is 28.8 Å². The quantitative estimate of drug-likeness (QED) is 0.280. The van der Waals surface area contributed by atoms with Crippen molar-refractivity contribution in [1.82, 2.24) is 14.5 Å². The van der Waals surface area contributed by atoms with Gasteiger partial charge in [-0.15, -0.1) is 0 Å². The number of para-hydroxylation sites is 1. The Labute approximate surface area is 167 Å². The summed E-state index contributed by atoms with van der Waals surface area (Å²) < 4.78 is 6.94. The first-order valence-electron chi connectivity index (χ1n) is 8.90. The number of methoxy groups -OCH3 is 1. The fourth-order valence-corrected chi connectivity index (χ4v) is 4.08. The number of aromatic nitrogens is 3. The number of rotatable bonds is 5. The molecule has 2 aromatic carbocycles. The predicted octanol–water partition coefficient (Wildman–Crippen LogP) is 4.74. The lowest BCUT2D eigenvalue weighted by molar-refractivity contribution is -0.139. The van der Waals surface area contributed by atoms with E-state index in [1.807, 2.05) is 55.5 Å². The number of carbonyl (C=O) groups excluding carboxylic acids is 1. The predicted molar refractivity (Wildman–Crippen MR) is 112 cm³/mol. The standard InChI is InChI=1S/C22H19N3O2S/c1-15(22(26)27-2)28-21-19-18(16-9-5-3-6-10-16)13-25(20(19)23-14-24-21)17-11-7-4-8-12-17/h3-15H,1-2H3/t15-/m0/s1. The topological polar surface area (TPSA) is 57.0 Å². The first-order chi connectivity index (χ1) is 13.7. The highest BCUT2D eigenvalue weighted by molar-refractivity contribution is 8.00. The SMILES string of the molecule is COC(=O)[C@H](C)Sc1ncnc2c1c(-c1ccccc1)cn2-c1ccccc1. The van der Waals surface area contributed by atoms with Crippen molar-refractivity contribution in [3.63, 3.8) is 0 Å². The summed E-state index contributed by atoms with van der Waals surface area (Å²) in [5.41, 5.74) is 3.93. The van der Waals surface area contributed by atoms with Gasteiger partial charge in [-0.1, -0.05) is 60.3 Å². The molecule has 28 heavy (non-hydrogen) atoms. The molecule has 0 radical (unpaired) electrons. The van der Waals surface area contributed by atoms with Crippen LogP contribution in [0.15, 0.2) is 78.2 Å². The van der Waals surface area contributed by atoms with Crippen molar-refractivity contribution in [2.24, 2.45) is 0 Å². The van der Waals surface area contributed by atoms with E-state index in [4.69, 9.17) is 4.74 Å². The molecule has 4 rings (SSSR count). The van der Waals surface area contributed by atoms with Gasteiger partial charge in [-0.25, -0.2) is 9.97 Å². The van der Waals surface area contributed by atoms with Gasteiger partial charge in [-0.05, 0) is 24.6 Å². The lowest BCUT2D eigenvalue weighted by atomic mass is 10.1. The van der Waals surface area contributed by atoms with E-state index in [1.54, 1.807) is 6.33 Å². The maximum absolute atomic E-state index is 11.9. The van der Waals surface area contributed by atoms with E-state index >= 15 is 0 Å². The second-order valence-electron chi connectivity index (χ2n) is 6.28. The van der Waals surface area contributed by atoms with Gasteiger partial charge in [0.1, 0.15) is 22.3 Å². The molecule has 140 valence electrons. The molecule has 0 spiro atoms. The van der Waals surface area contributed by atoms with Gasteiger partial charge in [0, 0.05) is 17.4 Å². The van der Waals surface area contributed by atoms with Crippen LogP contribution in [-0.2, 0) is 9.53 Å². The highest BCUT2D eigenvalue weighted by Crippen LogP contribution is 2.38. The minimum atomic E-state index is -0.369. The van der Waals surface area contributed by atoms with Gasteiger partial charge >= 0.3 is 5.97 Å². The molecule has 0 saturated carbocycles. The highest BCUT2D eigenvalue weighted by atomic mass is 32.2. The molecule has 0 fully saturated rings. The number of carbonyl (C=O) groups is 1. The van der Waals surface area contributed by atoms with Gasteiger partial charge in [-0.3, -0.25) is 4.79 Å². The van der Waals surface area contributed by atoms with Gasteiger partial charge < -0.3 is 9.30 Å². The summed E-state index contributed by atoms with van der Waals surface area (Å²) in [6, 6.07) is 20.2. The van der Waals surface area contributed by atoms with E-state index in [0.717, 1.165) is 32.9 Å². The van der Waals surface area contributed by atoms with E-state index in [2.05, 4.69) is 32.9 Å². The van der Waals surface area contributed by atoms with Crippen LogP contribution >= 0.6 is 11.8 Å². The molecule has 0 amide bonds. The molecule has 0 unspecified atom stereocenters. The highest BCUT2D eigenvalue weighted by Gasteiger charge is 2.22. The summed E-state index contributed by atoms with van der Waals surface area (Å²) in [7, 11) is 1.40. The van der Waals surface area contributed by atoms with E-state index < -0.39 is 0 Å². The van der Waals surface area contributed by atoms with Crippen LogP contribution in [0.3, 0.4) is 0 Å². The summed E-state index contributed by atoms with van der Waals surface area (Å²) in [6.45, 7) is 1.82. The summed E-state index contributed by atoms with van der Waals surface area (Å²) in [4.78, 5) is 21.0. The van der Waals surface area contributed by atoms with Crippen LogP contribution < -0.4 is 0 Å². The number of esters is 1. The van der Waals surface area contributed by atoms with Crippen LogP contribution in [0.2, 0.25) is 0 Å². The maximum atomic E-state index is 11.9. The molecule has 5 nitrogen and oxygen atoms in total. The van der Waals surface area contributed by atoms with Crippen molar-refractivity contribution in [2.75, 3.05) is 7.11 Å². The van der Waals surface area contributed by atoms with Crippen molar-refractivity contribution in [3.05, 3.63) is 73.2 Å². The lowest BCUT2D eigenvalue weighted by Crippen LogP contribution is -2.14. The van der Waals surface area contributed by atoms with Crippen molar-refractivity contribution < 1.29 is 9.53 Å². The second-order valence-corrected chi connectivity index (χ2v) is 7.60. The van der Waals surface area contributed by atoms with E-state index in [9.17, 15) is 4.79 Å². The largest absolute Gasteiger partial charge is 0.468 e. The number of benzene rings is 2. The van der Waals surface area contributed by atoms with Crippen LogP contribution in [-0.4, -0.2) is 32.9 Å². The van der Waals surface area contributed by atoms with Gasteiger partial charge in [0.2, 0.25) is 0 Å². The molecule has 1 atom stereocenters. The molecular weight excluding hydrogens is 370 g/mol. The Bertz CT molecular complexity index is 1110. The molecular formula is C22H19N3O2S. The third-order valence-corrected chi connectivity index (χ3v) is 5.57. The van der Waals surface area contributed by atoms with Crippen LogP contribution in [0, 0.1) is 0 Å². The Morgan fingerprint density at radius 3 is 2.39 bits per heavy atom. The molecule has 0 N–H and O–H groups in total. The Morgan fingerprint density at radius 2 is 1.71 bits per heavy atom. The molecule has 6 heteroatoms. The zero-order valence-corrected chi connectivity index (χ0v) is 16.4. The summed E-state index contributed by atoms with van der Waals surface area (Å²) in [5, 5.41) is 1.32.